The molecule has 0 aliphatic rings. The molecule has 2 nitrogen and oxygen atoms in total. The van der Waals surface area contributed by atoms with Gasteiger partial charge in [0.2, 0.25) is 0 Å². The van der Waals surface area contributed by atoms with E-state index in [-0.39, 0.29) is 0 Å². The summed E-state index contributed by atoms with van der Waals surface area (Å²) in [6, 6.07) is 12.6. The van der Waals surface area contributed by atoms with Crippen molar-refractivity contribution in [2.24, 2.45) is 0 Å². The lowest BCUT2D eigenvalue weighted by atomic mass is 10.2. The standard InChI is InChI=1S/C13H10Cl3NOS/c14-10-6-11(15)13(12(16)7-10)17-19(18)8-9-4-2-1-3-5-9/h1-7,17H,8H2. The topological polar surface area (TPSA) is 29.1 Å². The van der Waals surface area contributed by atoms with Gasteiger partial charge in [0.1, 0.15) is 11.0 Å². The van der Waals surface area contributed by atoms with Crippen molar-refractivity contribution in [3.05, 3.63) is 63.1 Å². The number of rotatable bonds is 4. The van der Waals surface area contributed by atoms with Crippen molar-refractivity contribution in [3.63, 3.8) is 0 Å². The van der Waals surface area contributed by atoms with Crippen LogP contribution in [0.25, 0.3) is 0 Å². The van der Waals surface area contributed by atoms with Crippen LogP contribution in [-0.4, -0.2) is 4.21 Å². The Bertz CT molecular complexity index is 581. The Hall–Kier alpha value is -0.740. The largest absolute Gasteiger partial charge is 0.302 e. The smallest absolute Gasteiger partial charge is 0.121 e. The molecule has 2 aromatic rings. The molecule has 1 atom stereocenters. The minimum absolute atomic E-state index is 0.346. The summed E-state index contributed by atoms with van der Waals surface area (Å²) in [4.78, 5) is 0. The summed E-state index contributed by atoms with van der Waals surface area (Å²) < 4.78 is 14.8. The molecule has 0 bridgehead atoms. The Morgan fingerprint density at radius 3 is 2.16 bits per heavy atom. The fourth-order valence-electron chi connectivity index (χ4n) is 1.52. The third-order valence-electron chi connectivity index (χ3n) is 2.36. The summed E-state index contributed by atoms with van der Waals surface area (Å²) in [6.07, 6.45) is 0. The van der Waals surface area contributed by atoms with Crippen LogP contribution in [0.4, 0.5) is 5.69 Å². The molecule has 0 saturated heterocycles. The van der Waals surface area contributed by atoms with Crippen LogP contribution in [-0.2, 0) is 16.7 Å². The first kappa shape index (κ1) is 14.7. The van der Waals surface area contributed by atoms with Gasteiger partial charge < -0.3 is 4.72 Å². The highest BCUT2D eigenvalue weighted by Gasteiger charge is 2.10. The van der Waals surface area contributed by atoms with Crippen LogP contribution in [0.5, 0.6) is 0 Å². The monoisotopic (exact) mass is 333 g/mol. The van der Waals surface area contributed by atoms with Crippen molar-refractivity contribution in [1.29, 1.82) is 0 Å². The summed E-state index contributed by atoms with van der Waals surface area (Å²) in [5, 5.41) is 1.13. The zero-order chi connectivity index (χ0) is 13.8. The van der Waals surface area contributed by atoms with Crippen molar-refractivity contribution in [1.82, 2.24) is 0 Å². The van der Waals surface area contributed by atoms with E-state index in [0.29, 0.717) is 26.5 Å². The lowest BCUT2D eigenvalue weighted by Gasteiger charge is -2.10. The van der Waals surface area contributed by atoms with Crippen molar-refractivity contribution in [3.8, 4) is 0 Å². The number of benzene rings is 2. The molecule has 0 aliphatic heterocycles. The Morgan fingerprint density at radius 2 is 1.58 bits per heavy atom. The second-order valence-electron chi connectivity index (χ2n) is 3.82. The predicted molar refractivity (Wildman–Crippen MR) is 83.4 cm³/mol. The van der Waals surface area contributed by atoms with E-state index in [1.54, 1.807) is 12.1 Å². The number of halogens is 3. The van der Waals surface area contributed by atoms with Gasteiger partial charge in [-0.1, -0.05) is 65.1 Å². The van der Waals surface area contributed by atoms with Crippen LogP contribution >= 0.6 is 34.8 Å². The van der Waals surface area contributed by atoms with Gasteiger partial charge in [0.05, 0.1) is 21.5 Å². The van der Waals surface area contributed by atoms with Crippen LogP contribution < -0.4 is 4.72 Å². The highest BCUT2D eigenvalue weighted by molar-refractivity contribution is 7.85. The van der Waals surface area contributed by atoms with Crippen LogP contribution in [0.3, 0.4) is 0 Å². The van der Waals surface area contributed by atoms with Crippen LogP contribution in [0.2, 0.25) is 15.1 Å². The van der Waals surface area contributed by atoms with Gasteiger partial charge in [-0.2, -0.15) is 0 Å². The highest BCUT2D eigenvalue weighted by atomic mass is 35.5. The maximum absolute atomic E-state index is 12.0. The Morgan fingerprint density at radius 1 is 1.00 bits per heavy atom. The van der Waals surface area contributed by atoms with Crippen molar-refractivity contribution < 1.29 is 4.21 Å². The van der Waals surface area contributed by atoms with E-state index in [0.717, 1.165) is 5.56 Å². The van der Waals surface area contributed by atoms with Crippen LogP contribution in [0, 0.1) is 0 Å². The molecule has 0 spiro atoms. The predicted octanol–water partition coefficient (Wildman–Crippen LogP) is 4.92. The van der Waals surface area contributed by atoms with E-state index in [1.807, 2.05) is 30.3 Å². The number of hydrogen-bond acceptors (Lipinski definition) is 1. The van der Waals surface area contributed by atoms with E-state index in [1.165, 1.54) is 0 Å². The second kappa shape index (κ2) is 6.62. The van der Waals surface area contributed by atoms with E-state index in [4.69, 9.17) is 34.8 Å². The number of anilines is 1. The molecule has 0 saturated carbocycles. The Balaban J connectivity index is 2.12. The van der Waals surface area contributed by atoms with Gasteiger partial charge in [0.25, 0.3) is 0 Å². The maximum Gasteiger partial charge on any atom is 0.121 e. The molecule has 2 aromatic carbocycles. The Kier molecular flexibility index (Phi) is 5.11. The van der Waals surface area contributed by atoms with E-state index in [2.05, 4.69) is 4.72 Å². The summed E-state index contributed by atoms with van der Waals surface area (Å²) in [5.41, 5.74) is 1.40. The number of nitrogens with one attached hydrogen (secondary N) is 1. The minimum atomic E-state index is -1.31. The minimum Gasteiger partial charge on any atom is -0.302 e. The SMILES string of the molecule is O=S(Cc1ccccc1)Nc1c(Cl)cc(Cl)cc1Cl. The quantitative estimate of drug-likeness (QED) is 0.844. The van der Waals surface area contributed by atoms with E-state index < -0.39 is 11.0 Å². The molecule has 0 radical (unpaired) electrons. The van der Waals surface area contributed by atoms with Gasteiger partial charge in [-0.25, -0.2) is 4.21 Å². The van der Waals surface area contributed by atoms with Gasteiger partial charge >= 0.3 is 0 Å². The van der Waals surface area contributed by atoms with Crippen molar-refractivity contribution in [2.75, 3.05) is 4.72 Å². The molecule has 1 N–H and O–H groups in total. The molecular formula is C13H10Cl3NOS. The Labute approximate surface area is 129 Å². The first-order valence-corrected chi connectivity index (χ1v) is 7.85. The summed E-state index contributed by atoms with van der Waals surface area (Å²) in [7, 11) is -1.31. The van der Waals surface area contributed by atoms with Crippen LogP contribution in [0.15, 0.2) is 42.5 Å². The average molecular weight is 335 g/mol. The summed E-state index contributed by atoms with van der Waals surface area (Å²) >= 11 is 17.8. The fraction of sp³-hybridized carbons (Fsp3) is 0.0769. The fourth-order valence-corrected chi connectivity index (χ4v) is 3.55. The molecule has 100 valence electrons. The number of hydrogen-bond donors (Lipinski definition) is 1. The van der Waals surface area contributed by atoms with Gasteiger partial charge in [0.15, 0.2) is 0 Å². The maximum atomic E-state index is 12.0. The zero-order valence-corrected chi connectivity index (χ0v) is 12.8. The van der Waals surface area contributed by atoms with E-state index in [9.17, 15) is 4.21 Å². The lowest BCUT2D eigenvalue weighted by molar-refractivity contribution is 0.686. The summed E-state index contributed by atoms with van der Waals surface area (Å²) in [5.74, 6) is 0.371. The average Bonchev–Trinajstić information content (AvgIpc) is 2.35. The summed E-state index contributed by atoms with van der Waals surface area (Å²) in [6.45, 7) is 0. The molecule has 1 unspecified atom stereocenters. The molecule has 2 rings (SSSR count). The molecule has 0 aromatic heterocycles. The van der Waals surface area contributed by atoms with Crippen molar-refractivity contribution in [2.45, 2.75) is 5.75 Å². The molecule has 0 aliphatic carbocycles. The van der Waals surface area contributed by atoms with Gasteiger partial charge in [-0.15, -0.1) is 0 Å². The highest BCUT2D eigenvalue weighted by Crippen LogP contribution is 2.34. The van der Waals surface area contributed by atoms with Crippen molar-refractivity contribution >= 4 is 51.5 Å². The van der Waals surface area contributed by atoms with E-state index >= 15 is 0 Å². The molecule has 0 amide bonds. The first-order chi connectivity index (χ1) is 9.06. The van der Waals surface area contributed by atoms with Gasteiger partial charge in [0, 0.05) is 5.02 Å². The van der Waals surface area contributed by atoms with Crippen LogP contribution in [0.1, 0.15) is 5.56 Å². The molecule has 0 fully saturated rings. The third kappa shape index (κ3) is 4.11. The second-order valence-corrected chi connectivity index (χ2v) is 6.26. The van der Waals surface area contributed by atoms with Gasteiger partial charge in [-0.05, 0) is 17.7 Å². The normalized spacial score (nSPS) is 12.2. The molecule has 0 heterocycles. The lowest BCUT2D eigenvalue weighted by Crippen LogP contribution is -2.07. The molecule has 6 heteroatoms. The molecule has 19 heavy (non-hydrogen) atoms. The zero-order valence-electron chi connectivity index (χ0n) is 9.70. The first-order valence-electron chi connectivity index (χ1n) is 5.40. The molecular weight excluding hydrogens is 325 g/mol. The third-order valence-corrected chi connectivity index (χ3v) is 4.21. The van der Waals surface area contributed by atoms with Gasteiger partial charge in [-0.3, -0.25) is 0 Å².